The third-order valence-corrected chi connectivity index (χ3v) is 2.21. The average Bonchev–Trinajstić information content (AvgIpc) is 2.63. The lowest BCUT2D eigenvalue weighted by Crippen LogP contribution is -1.70. The van der Waals surface area contributed by atoms with E-state index in [0.717, 1.165) is 6.61 Å². The Kier molecular flexibility index (Phi) is 1.57. The second-order valence-corrected chi connectivity index (χ2v) is 3.23. The van der Waals surface area contributed by atoms with Gasteiger partial charge in [0, 0.05) is 4.88 Å². The van der Waals surface area contributed by atoms with Gasteiger partial charge in [-0.25, -0.2) is 0 Å². The number of thiophene rings is 1. The van der Waals surface area contributed by atoms with Crippen LogP contribution >= 0.6 is 11.3 Å². The molecule has 1 saturated heterocycles. The molecular formula is C8H8OS. The van der Waals surface area contributed by atoms with Gasteiger partial charge in [-0.3, -0.25) is 0 Å². The normalized spacial score (nSPS) is 23.8. The standard InChI is InChI=1S/C8H8OS/c1-2-8(10-5-1)4-3-7-6-9-7/h1-5,7H,6H2/b4-3+. The SMILES string of the molecule is C(=C\C1CO1)/c1cccs1. The molecule has 1 nitrogen and oxygen atoms in total. The fourth-order valence-corrected chi connectivity index (χ4v) is 1.38. The molecule has 1 atom stereocenters. The predicted octanol–water partition coefficient (Wildman–Crippen LogP) is 2.16. The van der Waals surface area contributed by atoms with Crippen molar-refractivity contribution in [3.63, 3.8) is 0 Å². The molecule has 1 fully saturated rings. The van der Waals surface area contributed by atoms with E-state index in [-0.39, 0.29) is 0 Å². The van der Waals surface area contributed by atoms with Crippen LogP contribution < -0.4 is 0 Å². The molecule has 2 heteroatoms. The zero-order valence-corrected chi connectivity index (χ0v) is 6.30. The Morgan fingerprint density at radius 3 is 3.20 bits per heavy atom. The number of epoxide rings is 1. The fraction of sp³-hybridized carbons (Fsp3) is 0.250. The molecule has 1 aliphatic rings. The monoisotopic (exact) mass is 152 g/mol. The van der Waals surface area contributed by atoms with Crippen molar-refractivity contribution in [1.29, 1.82) is 0 Å². The van der Waals surface area contributed by atoms with Gasteiger partial charge in [0.2, 0.25) is 0 Å². The highest BCUT2D eigenvalue weighted by molar-refractivity contribution is 7.10. The van der Waals surface area contributed by atoms with E-state index in [0.29, 0.717) is 6.10 Å². The van der Waals surface area contributed by atoms with Crippen LogP contribution in [-0.2, 0) is 4.74 Å². The summed E-state index contributed by atoms with van der Waals surface area (Å²) in [5, 5.41) is 2.08. The molecule has 0 spiro atoms. The summed E-state index contributed by atoms with van der Waals surface area (Å²) in [6.07, 6.45) is 4.62. The molecule has 1 aromatic rings. The summed E-state index contributed by atoms with van der Waals surface area (Å²) in [7, 11) is 0. The highest BCUT2D eigenvalue weighted by Crippen LogP contribution is 2.15. The quantitative estimate of drug-likeness (QED) is 0.591. The summed E-state index contributed by atoms with van der Waals surface area (Å²) in [6.45, 7) is 0.905. The molecule has 1 unspecified atom stereocenters. The highest BCUT2D eigenvalue weighted by atomic mass is 32.1. The van der Waals surface area contributed by atoms with Crippen LogP contribution in [0.3, 0.4) is 0 Å². The molecule has 0 aliphatic carbocycles. The molecule has 0 bridgehead atoms. The summed E-state index contributed by atoms with van der Waals surface area (Å²) in [6, 6.07) is 4.15. The van der Waals surface area contributed by atoms with Crippen LogP contribution in [0.15, 0.2) is 23.6 Å². The van der Waals surface area contributed by atoms with Crippen LogP contribution in [0.1, 0.15) is 4.88 Å². The molecule has 0 N–H and O–H groups in total. The first-order valence-corrected chi connectivity index (χ1v) is 4.16. The number of hydrogen-bond donors (Lipinski definition) is 0. The Morgan fingerprint density at radius 2 is 2.60 bits per heavy atom. The highest BCUT2D eigenvalue weighted by Gasteiger charge is 2.17. The van der Waals surface area contributed by atoms with Gasteiger partial charge in [0.25, 0.3) is 0 Å². The molecule has 0 saturated carbocycles. The van der Waals surface area contributed by atoms with Crippen molar-refractivity contribution in [2.24, 2.45) is 0 Å². The maximum absolute atomic E-state index is 5.02. The van der Waals surface area contributed by atoms with E-state index in [4.69, 9.17) is 4.74 Å². The summed E-state index contributed by atoms with van der Waals surface area (Å²) in [5.41, 5.74) is 0. The molecule has 52 valence electrons. The van der Waals surface area contributed by atoms with Crippen LogP contribution in [0.2, 0.25) is 0 Å². The maximum atomic E-state index is 5.02. The van der Waals surface area contributed by atoms with Gasteiger partial charge < -0.3 is 4.74 Å². The molecule has 1 aliphatic heterocycles. The van der Waals surface area contributed by atoms with Gasteiger partial charge in [0.15, 0.2) is 0 Å². The van der Waals surface area contributed by atoms with Crippen molar-refractivity contribution < 1.29 is 4.74 Å². The number of rotatable bonds is 2. The van der Waals surface area contributed by atoms with E-state index >= 15 is 0 Å². The molecule has 0 aromatic carbocycles. The second kappa shape index (κ2) is 2.56. The van der Waals surface area contributed by atoms with Crippen molar-refractivity contribution in [2.75, 3.05) is 6.61 Å². The molecule has 0 radical (unpaired) electrons. The third kappa shape index (κ3) is 1.46. The van der Waals surface area contributed by atoms with E-state index in [1.807, 2.05) is 0 Å². The molecule has 10 heavy (non-hydrogen) atoms. The number of hydrogen-bond acceptors (Lipinski definition) is 2. The lowest BCUT2D eigenvalue weighted by atomic mass is 10.3. The largest absolute Gasteiger partial charge is 0.369 e. The zero-order valence-electron chi connectivity index (χ0n) is 5.49. The van der Waals surface area contributed by atoms with Crippen LogP contribution in [0.4, 0.5) is 0 Å². The van der Waals surface area contributed by atoms with Crippen LogP contribution in [-0.4, -0.2) is 12.7 Å². The minimum absolute atomic E-state index is 0.405. The third-order valence-electron chi connectivity index (χ3n) is 1.38. The maximum Gasteiger partial charge on any atom is 0.0994 e. The van der Waals surface area contributed by atoms with E-state index in [9.17, 15) is 0 Å². The first-order valence-electron chi connectivity index (χ1n) is 3.28. The Labute approximate surface area is 63.9 Å². The first kappa shape index (κ1) is 6.13. The number of ether oxygens (including phenoxy) is 1. The van der Waals surface area contributed by atoms with E-state index in [1.165, 1.54) is 4.88 Å². The van der Waals surface area contributed by atoms with Crippen molar-refractivity contribution in [1.82, 2.24) is 0 Å². The van der Waals surface area contributed by atoms with Gasteiger partial charge in [-0.1, -0.05) is 12.1 Å². The van der Waals surface area contributed by atoms with E-state index in [2.05, 4.69) is 29.7 Å². The van der Waals surface area contributed by atoms with Gasteiger partial charge in [0.05, 0.1) is 12.7 Å². The molecule has 2 rings (SSSR count). The Bertz CT molecular complexity index is 221. The van der Waals surface area contributed by atoms with Crippen molar-refractivity contribution in [3.05, 3.63) is 28.5 Å². The zero-order chi connectivity index (χ0) is 6.81. The Balaban J connectivity index is 2.01. The summed E-state index contributed by atoms with van der Waals surface area (Å²) in [4.78, 5) is 1.30. The lowest BCUT2D eigenvalue weighted by Gasteiger charge is -1.78. The van der Waals surface area contributed by atoms with Crippen molar-refractivity contribution >= 4 is 17.4 Å². The van der Waals surface area contributed by atoms with Gasteiger partial charge in [-0.2, -0.15) is 0 Å². The van der Waals surface area contributed by atoms with E-state index < -0.39 is 0 Å². The minimum Gasteiger partial charge on any atom is -0.369 e. The summed E-state index contributed by atoms with van der Waals surface area (Å²) >= 11 is 1.75. The summed E-state index contributed by atoms with van der Waals surface area (Å²) < 4.78 is 5.02. The topological polar surface area (TPSA) is 12.5 Å². The van der Waals surface area contributed by atoms with Crippen LogP contribution in [0.5, 0.6) is 0 Å². The lowest BCUT2D eigenvalue weighted by molar-refractivity contribution is 0.440. The van der Waals surface area contributed by atoms with Gasteiger partial charge in [-0.05, 0) is 17.5 Å². The van der Waals surface area contributed by atoms with Gasteiger partial charge in [0.1, 0.15) is 0 Å². The predicted molar refractivity (Wildman–Crippen MR) is 43.1 cm³/mol. The fourth-order valence-electron chi connectivity index (χ4n) is 0.755. The van der Waals surface area contributed by atoms with E-state index in [1.54, 1.807) is 11.3 Å². The molecule has 1 aromatic heterocycles. The van der Waals surface area contributed by atoms with Gasteiger partial charge >= 0.3 is 0 Å². The van der Waals surface area contributed by atoms with Gasteiger partial charge in [-0.15, -0.1) is 11.3 Å². The smallest absolute Gasteiger partial charge is 0.0994 e. The first-order chi connectivity index (χ1) is 4.95. The Hall–Kier alpha value is -0.600. The average molecular weight is 152 g/mol. The molecular weight excluding hydrogens is 144 g/mol. The second-order valence-electron chi connectivity index (χ2n) is 2.25. The van der Waals surface area contributed by atoms with Crippen molar-refractivity contribution in [3.8, 4) is 0 Å². The van der Waals surface area contributed by atoms with Crippen LogP contribution in [0, 0.1) is 0 Å². The molecule has 2 heterocycles. The molecule has 0 amide bonds. The minimum atomic E-state index is 0.405. The Morgan fingerprint density at radius 1 is 1.70 bits per heavy atom. The van der Waals surface area contributed by atoms with Crippen molar-refractivity contribution in [2.45, 2.75) is 6.10 Å². The summed E-state index contributed by atoms with van der Waals surface area (Å²) in [5.74, 6) is 0. The van der Waals surface area contributed by atoms with Crippen LogP contribution in [0.25, 0.3) is 6.08 Å².